The molecule has 1 aromatic heterocycles. The minimum Gasteiger partial charge on any atom is -0.229 e. The van der Waals surface area contributed by atoms with E-state index in [0.29, 0.717) is 0 Å². The van der Waals surface area contributed by atoms with E-state index in [2.05, 4.69) is 75.5 Å². The molecule has 4 aromatic rings. The van der Waals surface area contributed by atoms with Crippen molar-refractivity contribution in [3.8, 4) is 10.6 Å². The van der Waals surface area contributed by atoms with Crippen molar-refractivity contribution in [1.29, 1.82) is 0 Å². The molecule has 3 heteroatoms. The van der Waals surface area contributed by atoms with Gasteiger partial charge in [-0.25, -0.2) is 4.98 Å². The van der Waals surface area contributed by atoms with Crippen LogP contribution in [0.2, 0.25) is 0 Å². The van der Waals surface area contributed by atoms with E-state index in [1.54, 1.807) is 11.3 Å². The maximum absolute atomic E-state index is 4.49. The van der Waals surface area contributed by atoms with E-state index in [0.717, 1.165) is 9.61 Å². The van der Waals surface area contributed by atoms with Gasteiger partial charge in [0.1, 0.15) is 9.61 Å². The third kappa shape index (κ3) is 2.03. The van der Waals surface area contributed by atoms with Gasteiger partial charge in [-0.15, -0.1) is 11.3 Å². The minimum absolute atomic E-state index is 0.899. The normalized spacial score (nSPS) is 11.2. The van der Waals surface area contributed by atoms with Gasteiger partial charge in [-0.3, -0.25) is 0 Å². The molecule has 0 unspecified atom stereocenters. The molecule has 1 nitrogen and oxygen atoms in total. The summed E-state index contributed by atoms with van der Waals surface area (Å²) in [6.07, 6.45) is 0. The Kier molecular flexibility index (Phi) is 2.83. The van der Waals surface area contributed by atoms with Gasteiger partial charge in [-0.2, -0.15) is 0 Å². The molecule has 0 fully saturated rings. The van der Waals surface area contributed by atoms with Crippen LogP contribution in [0.3, 0.4) is 0 Å². The molecule has 0 saturated carbocycles. The summed E-state index contributed by atoms with van der Waals surface area (Å²) < 4.78 is 0.899. The van der Waals surface area contributed by atoms with Crippen LogP contribution in [0.25, 0.3) is 32.1 Å². The maximum atomic E-state index is 4.49. The first-order valence-electron chi connectivity index (χ1n) is 6.33. The Hall–Kier alpha value is -1.71. The highest BCUT2D eigenvalue weighted by molar-refractivity contribution is 9.10. The first kappa shape index (κ1) is 12.1. The molecule has 0 aliphatic carbocycles. The van der Waals surface area contributed by atoms with Gasteiger partial charge in [0.05, 0.1) is 0 Å². The number of hydrogen-bond donors (Lipinski definition) is 0. The summed E-state index contributed by atoms with van der Waals surface area (Å²) in [5.74, 6) is 0. The van der Waals surface area contributed by atoms with Crippen LogP contribution in [0.4, 0.5) is 0 Å². The number of hydrogen-bond acceptors (Lipinski definition) is 2. The van der Waals surface area contributed by atoms with Crippen molar-refractivity contribution in [2.45, 2.75) is 0 Å². The van der Waals surface area contributed by atoms with Gasteiger partial charge in [-0.1, -0.05) is 36.4 Å². The van der Waals surface area contributed by atoms with Crippen LogP contribution in [0.1, 0.15) is 0 Å². The zero-order valence-corrected chi connectivity index (χ0v) is 12.9. The Morgan fingerprint density at radius 2 is 1.50 bits per heavy atom. The highest BCUT2D eigenvalue weighted by Gasteiger charge is 2.05. The second kappa shape index (κ2) is 4.69. The highest BCUT2D eigenvalue weighted by Crippen LogP contribution is 2.30. The highest BCUT2D eigenvalue weighted by atomic mass is 79.9. The predicted molar refractivity (Wildman–Crippen MR) is 90.3 cm³/mol. The lowest BCUT2D eigenvalue weighted by molar-refractivity contribution is 1.36. The molecule has 96 valence electrons. The van der Waals surface area contributed by atoms with Gasteiger partial charge in [-0.05, 0) is 55.7 Å². The fourth-order valence-corrected chi connectivity index (χ4v) is 3.71. The number of fused-ring (bicyclic) bond motifs is 2. The van der Waals surface area contributed by atoms with Crippen molar-refractivity contribution in [2.75, 3.05) is 0 Å². The zero-order valence-electron chi connectivity index (χ0n) is 10.5. The summed E-state index contributed by atoms with van der Waals surface area (Å²) in [5, 5.41) is 8.14. The third-order valence-corrected chi connectivity index (χ3v) is 5.03. The number of nitrogens with zero attached hydrogens (tertiary/aromatic N) is 1. The van der Waals surface area contributed by atoms with E-state index in [-0.39, 0.29) is 0 Å². The molecule has 0 radical (unpaired) electrons. The number of thiazole rings is 1. The molecule has 0 spiro atoms. The topological polar surface area (TPSA) is 12.9 Å². The van der Waals surface area contributed by atoms with E-state index in [4.69, 9.17) is 0 Å². The van der Waals surface area contributed by atoms with E-state index in [9.17, 15) is 0 Å². The molecule has 0 N–H and O–H groups in total. The molecule has 20 heavy (non-hydrogen) atoms. The number of benzene rings is 3. The van der Waals surface area contributed by atoms with E-state index in [1.165, 1.54) is 27.1 Å². The quantitative estimate of drug-likeness (QED) is 0.394. The SMILES string of the molecule is Brc1csc(-c2ccc3cc4ccccc4cc3c2)n1. The van der Waals surface area contributed by atoms with Gasteiger partial charge >= 0.3 is 0 Å². The summed E-state index contributed by atoms with van der Waals surface area (Å²) in [4.78, 5) is 4.49. The largest absolute Gasteiger partial charge is 0.229 e. The molecular weight excluding hydrogens is 330 g/mol. The van der Waals surface area contributed by atoms with Crippen molar-refractivity contribution in [2.24, 2.45) is 0 Å². The lowest BCUT2D eigenvalue weighted by Gasteiger charge is -2.04. The average molecular weight is 340 g/mol. The van der Waals surface area contributed by atoms with Gasteiger partial charge in [0.2, 0.25) is 0 Å². The first-order valence-corrected chi connectivity index (χ1v) is 8.01. The molecule has 0 bridgehead atoms. The van der Waals surface area contributed by atoms with Crippen molar-refractivity contribution in [1.82, 2.24) is 4.98 Å². The van der Waals surface area contributed by atoms with E-state index < -0.39 is 0 Å². The zero-order chi connectivity index (χ0) is 13.5. The molecule has 0 aliphatic heterocycles. The smallest absolute Gasteiger partial charge is 0.124 e. The number of halogens is 1. The Morgan fingerprint density at radius 1 is 0.800 bits per heavy atom. The molecule has 1 heterocycles. The van der Waals surface area contributed by atoms with Crippen molar-refractivity contribution < 1.29 is 0 Å². The Balaban J connectivity index is 1.96. The minimum atomic E-state index is 0.899. The van der Waals surface area contributed by atoms with Crippen LogP contribution < -0.4 is 0 Å². The van der Waals surface area contributed by atoms with Gasteiger partial charge in [0.25, 0.3) is 0 Å². The van der Waals surface area contributed by atoms with E-state index in [1.807, 2.05) is 5.38 Å². The molecule has 0 saturated heterocycles. The van der Waals surface area contributed by atoms with Gasteiger partial charge in [0, 0.05) is 10.9 Å². The molecule has 4 rings (SSSR count). The summed E-state index contributed by atoms with van der Waals surface area (Å²) in [5.41, 5.74) is 1.17. The van der Waals surface area contributed by atoms with Gasteiger partial charge < -0.3 is 0 Å². The summed E-state index contributed by atoms with van der Waals surface area (Å²) in [6.45, 7) is 0. The van der Waals surface area contributed by atoms with Crippen LogP contribution in [-0.4, -0.2) is 4.98 Å². The molecule has 0 aliphatic rings. The third-order valence-electron chi connectivity index (χ3n) is 3.43. The van der Waals surface area contributed by atoms with Crippen molar-refractivity contribution in [3.05, 3.63) is 64.6 Å². The monoisotopic (exact) mass is 339 g/mol. The molecular formula is C17H10BrNS. The standard InChI is InChI=1S/C17H10BrNS/c18-16-10-20-17(19-16)14-6-5-13-7-11-3-1-2-4-12(11)8-15(13)9-14/h1-10H. The predicted octanol–water partition coefficient (Wildman–Crippen LogP) is 5.88. The number of aromatic nitrogens is 1. The number of rotatable bonds is 1. The Bertz CT molecular complexity index is 926. The Labute approximate surface area is 129 Å². The first-order chi connectivity index (χ1) is 9.79. The van der Waals surface area contributed by atoms with Crippen LogP contribution in [0, 0.1) is 0 Å². The lowest BCUT2D eigenvalue weighted by atomic mass is 10.0. The summed E-state index contributed by atoms with van der Waals surface area (Å²) in [6, 6.07) is 19.5. The van der Waals surface area contributed by atoms with E-state index >= 15 is 0 Å². The van der Waals surface area contributed by atoms with Gasteiger partial charge in [0.15, 0.2) is 0 Å². The fraction of sp³-hybridized carbons (Fsp3) is 0. The average Bonchev–Trinajstić information content (AvgIpc) is 2.91. The lowest BCUT2D eigenvalue weighted by Crippen LogP contribution is -1.79. The Morgan fingerprint density at radius 3 is 2.20 bits per heavy atom. The van der Waals surface area contributed by atoms with Crippen LogP contribution >= 0.6 is 27.3 Å². The second-order valence-corrected chi connectivity index (χ2v) is 6.41. The van der Waals surface area contributed by atoms with Crippen molar-refractivity contribution in [3.63, 3.8) is 0 Å². The summed E-state index contributed by atoms with van der Waals surface area (Å²) >= 11 is 5.07. The fourth-order valence-electron chi connectivity index (χ4n) is 2.46. The second-order valence-electron chi connectivity index (χ2n) is 4.74. The van der Waals surface area contributed by atoms with Crippen LogP contribution in [-0.2, 0) is 0 Å². The molecule has 0 atom stereocenters. The van der Waals surface area contributed by atoms with Crippen molar-refractivity contribution >= 4 is 48.8 Å². The van der Waals surface area contributed by atoms with Crippen LogP contribution in [0.15, 0.2) is 64.6 Å². The maximum Gasteiger partial charge on any atom is 0.124 e. The molecule has 0 amide bonds. The summed E-state index contributed by atoms with van der Waals surface area (Å²) in [7, 11) is 0. The molecule has 3 aromatic carbocycles. The van der Waals surface area contributed by atoms with Crippen LogP contribution in [0.5, 0.6) is 0 Å².